The summed E-state index contributed by atoms with van der Waals surface area (Å²) in [5, 5.41) is 8.81. The quantitative estimate of drug-likeness (QED) is 0.828. The Morgan fingerprint density at radius 2 is 2.06 bits per heavy atom. The zero-order valence-corrected chi connectivity index (χ0v) is 10.2. The number of benzene rings is 1. The first-order valence-electron chi connectivity index (χ1n) is 5.66. The summed E-state index contributed by atoms with van der Waals surface area (Å²) in [6, 6.07) is 6.46. The fraction of sp³-hybridized carbons (Fsp3) is 0.462. The van der Waals surface area contributed by atoms with Gasteiger partial charge in [0.15, 0.2) is 0 Å². The molecular weight excluding hydrogens is 221 g/mol. The van der Waals surface area contributed by atoms with Crippen molar-refractivity contribution in [3.8, 4) is 0 Å². The molecule has 1 aromatic carbocycles. The molecule has 17 heavy (non-hydrogen) atoms. The van der Waals surface area contributed by atoms with E-state index >= 15 is 0 Å². The minimum absolute atomic E-state index is 0.0630. The van der Waals surface area contributed by atoms with Crippen LogP contribution in [0.1, 0.15) is 19.4 Å². The van der Waals surface area contributed by atoms with Gasteiger partial charge in [-0.1, -0.05) is 32.0 Å². The number of hydrogen-bond acceptors (Lipinski definition) is 2. The summed E-state index contributed by atoms with van der Waals surface area (Å²) in [4.78, 5) is 12.5. The van der Waals surface area contributed by atoms with E-state index < -0.39 is 5.97 Å². The van der Waals surface area contributed by atoms with Crippen molar-refractivity contribution in [1.29, 1.82) is 0 Å². The lowest BCUT2D eigenvalue weighted by Gasteiger charge is -2.22. The highest BCUT2D eigenvalue weighted by molar-refractivity contribution is 5.69. The van der Waals surface area contributed by atoms with E-state index in [9.17, 15) is 9.18 Å². The molecule has 0 fully saturated rings. The molecule has 3 nitrogen and oxygen atoms in total. The van der Waals surface area contributed by atoms with Gasteiger partial charge in [-0.2, -0.15) is 0 Å². The van der Waals surface area contributed by atoms with Crippen LogP contribution in [0, 0.1) is 11.7 Å². The summed E-state index contributed by atoms with van der Waals surface area (Å²) in [5.74, 6) is -0.824. The average Bonchev–Trinajstić information content (AvgIpc) is 2.19. The van der Waals surface area contributed by atoms with Gasteiger partial charge < -0.3 is 5.11 Å². The number of aliphatic carboxylic acids is 1. The van der Waals surface area contributed by atoms with Crippen LogP contribution < -0.4 is 0 Å². The summed E-state index contributed by atoms with van der Waals surface area (Å²) in [7, 11) is 0. The van der Waals surface area contributed by atoms with E-state index in [1.165, 1.54) is 6.07 Å². The number of rotatable bonds is 6. The zero-order chi connectivity index (χ0) is 12.8. The molecule has 1 N–H and O–H groups in total. The van der Waals surface area contributed by atoms with Gasteiger partial charge in [0.2, 0.25) is 0 Å². The first-order chi connectivity index (χ1) is 7.99. The molecule has 94 valence electrons. The molecule has 0 heterocycles. The van der Waals surface area contributed by atoms with E-state index in [-0.39, 0.29) is 12.4 Å². The number of carboxylic acids is 1. The third-order valence-corrected chi connectivity index (χ3v) is 2.33. The fourth-order valence-corrected chi connectivity index (χ4v) is 1.76. The van der Waals surface area contributed by atoms with Gasteiger partial charge in [-0.05, 0) is 12.0 Å². The van der Waals surface area contributed by atoms with E-state index in [0.717, 1.165) is 0 Å². The van der Waals surface area contributed by atoms with E-state index in [0.29, 0.717) is 24.6 Å². The molecule has 0 radical (unpaired) electrons. The second-order valence-corrected chi connectivity index (χ2v) is 4.55. The predicted molar refractivity (Wildman–Crippen MR) is 64.2 cm³/mol. The fourth-order valence-electron chi connectivity index (χ4n) is 1.76. The zero-order valence-electron chi connectivity index (χ0n) is 10.2. The molecule has 0 amide bonds. The van der Waals surface area contributed by atoms with Crippen LogP contribution in [0.15, 0.2) is 24.3 Å². The Balaban J connectivity index is 2.71. The normalized spacial score (nSPS) is 11.1. The summed E-state index contributed by atoms with van der Waals surface area (Å²) in [6.45, 7) is 4.93. The van der Waals surface area contributed by atoms with Gasteiger partial charge in [-0.3, -0.25) is 9.69 Å². The van der Waals surface area contributed by atoms with Crippen molar-refractivity contribution >= 4 is 5.97 Å². The first-order valence-corrected chi connectivity index (χ1v) is 5.66. The molecule has 0 saturated heterocycles. The van der Waals surface area contributed by atoms with Crippen molar-refractivity contribution in [1.82, 2.24) is 4.90 Å². The van der Waals surface area contributed by atoms with Gasteiger partial charge >= 0.3 is 5.97 Å². The second kappa shape index (κ2) is 6.35. The van der Waals surface area contributed by atoms with E-state index in [1.54, 1.807) is 23.1 Å². The maximum absolute atomic E-state index is 13.5. The maximum Gasteiger partial charge on any atom is 0.317 e. The van der Waals surface area contributed by atoms with Gasteiger partial charge in [-0.15, -0.1) is 0 Å². The largest absolute Gasteiger partial charge is 0.480 e. The van der Waals surface area contributed by atoms with Crippen molar-refractivity contribution in [3.05, 3.63) is 35.6 Å². The van der Waals surface area contributed by atoms with Crippen LogP contribution in [-0.2, 0) is 11.3 Å². The van der Waals surface area contributed by atoms with Crippen molar-refractivity contribution in [3.63, 3.8) is 0 Å². The highest BCUT2D eigenvalue weighted by Gasteiger charge is 2.13. The van der Waals surface area contributed by atoms with Crippen LogP contribution in [0.2, 0.25) is 0 Å². The number of halogens is 1. The van der Waals surface area contributed by atoms with Gasteiger partial charge in [0.1, 0.15) is 5.82 Å². The smallest absolute Gasteiger partial charge is 0.317 e. The molecule has 0 aliphatic heterocycles. The minimum Gasteiger partial charge on any atom is -0.480 e. The number of carboxylic acid groups (broad SMARTS) is 1. The minimum atomic E-state index is -0.887. The molecule has 0 aliphatic rings. The van der Waals surface area contributed by atoms with Crippen LogP contribution in [0.25, 0.3) is 0 Å². The highest BCUT2D eigenvalue weighted by Crippen LogP contribution is 2.11. The Morgan fingerprint density at radius 3 is 2.59 bits per heavy atom. The predicted octanol–water partition coefficient (Wildman–Crippen LogP) is 2.37. The van der Waals surface area contributed by atoms with Crippen LogP contribution in [0.5, 0.6) is 0 Å². The van der Waals surface area contributed by atoms with Crippen molar-refractivity contribution in [2.45, 2.75) is 20.4 Å². The Morgan fingerprint density at radius 1 is 1.41 bits per heavy atom. The van der Waals surface area contributed by atoms with Crippen molar-refractivity contribution < 1.29 is 14.3 Å². The molecule has 0 saturated carbocycles. The van der Waals surface area contributed by atoms with E-state index in [2.05, 4.69) is 0 Å². The molecule has 0 aromatic heterocycles. The molecule has 0 spiro atoms. The lowest BCUT2D eigenvalue weighted by Crippen LogP contribution is -2.32. The molecule has 4 heteroatoms. The van der Waals surface area contributed by atoms with Gasteiger partial charge in [0, 0.05) is 18.7 Å². The summed E-state index contributed by atoms with van der Waals surface area (Å²) in [6.07, 6.45) is 0. The lowest BCUT2D eigenvalue weighted by molar-refractivity contribution is -0.138. The maximum atomic E-state index is 13.5. The third-order valence-electron chi connectivity index (χ3n) is 2.33. The number of hydrogen-bond donors (Lipinski definition) is 1. The molecule has 0 unspecified atom stereocenters. The Labute approximate surface area is 101 Å². The molecule has 0 bridgehead atoms. The highest BCUT2D eigenvalue weighted by atomic mass is 19.1. The van der Waals surface area contributed by atoms with Crippen LogP contribution in [0.3, 0.4) is 0 Å². The van der Waals surface area contributed by atoms with E-state index in [1.807, 2.05) is 13.8 Å². The molecule has 1 rings (SSSR count). The standard InChI is InChI=1S/C13H18FNO2/c1-10(2)7-15(9-13(16)17)8-11-5-3-4-6-12(11)14/h3-6,10H,7-9H2,1-2H3,(H,16,17). The summed E-state index contributed by atoms with van der Waals surface area (Å²) < 4.78 is 13.5. The average molecular weight is 239 g/mol. The summed E-state index contributed by atoms with van der Waals surface area (Å²) in [5.41, 5.74) is 0.536. The Bertz CT molecular complexity index is 379. The third kappa shape index (κ3) is 4.95. The van der Waals surface area contributed by atoms with Crippen LogP contribution in [0.4, 0.5) is 4.39 Å². The SMILES string of the molecule is CC(C)CN(CC(=O)O)Cc1ccccc1F. The topological polar surface area (TPSA) is 40.5 Å². The summed E-state index contributed by atoms with van der Waals surface area (Å²) >= 11 is 0. The number of carbonyl (C=O) groups is 1. The van der Waals surface area contributed by atoms with Crippen LogP contribution in [-0.4, -0.2) is 29.1 Å². The van der Waals surface area contributed by atoms with E-state index in [4.69, 9.17) is 5.11 Å². The monoisotopic (exact) mass is 239 g/mol. The van der Waals surface area contributed by atoms with Gasteiger partial charge in [-0.25, -0.2) is 4.39 Å². The first kappa shape index (κ1) is 13.6. The lowest BCUT2D eigenvalue weighted by atomic mass is 10.1. The Kier molecular flexibility index (Phi) is 5.10. The second-order valence-electron chi connectivity index (χ2n) is 4.55. The van der Waals surface area contributed by atoms with Crippen LogP contribution >= 0.6 is 0 Å². The van der Waals surface area contributed by atoms with Gasteiger partial charge in [0.05, 0.1) is 6.54 Å². The number of nitrogens with zero attached hydrogens (tertiary/aromatic N) is 1. The van der Waals surface area contributed by atoms with Crippen molar-refractivity contribution in [2.75, 3.05) is 13.1 Å². The Hall–Kier alpha value is -1.42. The van der Waals surface area contributed by atoms with Crippen molar-refractivity contribution in [2.24, 2.45) is 5.92 Å². The molecule has 1 aromatic rings. The molecular formula is C13H18FNO2. The van der Waals surface area contributed by atoms with Gasteiger partial charge in [0.25, 0.3) is 0 Å². The molecule has 0 atom stereocenters. The molecule has 0 aliphatic carbocycles.